The third-order valence-corrected chi connectivity index (χ3v) is 5.79. The molecule has 0 spiro atoms. The molecule has 0 aliphatic carbocycles. The number of hydrogen-bond acceptors (Lipinski definition) is 3. The monoisotopic (exact) mass is 442 g/mol. The highest BCUT2D eigenvalue weighted by molar-refractivity contribution is 7.10. The lowest BCUT2D eigenvalue weighted by Crippen LogP contribution is -2.44. The molecule has 31 heavy (non-hydrogen) atoms. The van der Waals surface area contributed by atoms with Crippen molar-refractivity contribution >= 4 is 22.9 Å². The van der Waals surface area contributed by atoms with Crippen LogP contribution in [-0.4, -0.2) is 11.9 Å². The number of thiophene rings is 1. The van der Waals surface area contributed by atoms with Crippen LogP contribution in [-0.2, 0) is 17.5 Å². The normalized spacial score (nSPS) is 13.3. The molecule has 0 saturated heterocycles. The van der Waals surface area contributed by atoms with Gasteiger partial charge in [-0.05, 0) is 48.1 Å². The third kappa shape index (κ3) is 5.54. The number of nitrogens with one attached hydrogen (secondary N) is 1. The van der Waals surface area contributed by atoms with Gasteiger partial charge in [0, 0.05) is 23.2 Å². The number of hydrogen-bond donors (Lipinski definition) is 1. The van der Waals surface area contributed by atoms with Gasteiger partial charge in [-0.15, -0.1) is 17.8 Å². The van der Waals surface area contributed by atoms with Gasteiger partial charge in [-0.25, -0.2) is 0 Å². The smallest absolute Gasteiger partial charge is 0.308 e. The molecule has 0 saturated carbocycles. The first-order valence-electron chi connectivity index (χ1n) is 9.59. The lowest BCUT2D eigenvalue weighted by Gasteiger charge is -2.35. The highest BCUT2D eigenvalue weighted by Gasteiger charge is 2.34. The Bertz CT molecular complexity index is 1040. The van der Waals surface area contributed by atoms with Gasteiger partial charge >= 0.3 is 12.1 Å². The van der Waals surface area contributed by atoms with Gasteiger partial charge < -0.3 is 5.32 Å². The van der Waals surface area contributed by atoms with Crippen LogP contribution in [0, 0.1) is 12.3 Å². The van der Waals surface area contributed by atoms with Crippen molar-refractivity contribution in [3.63, 3.8) is 0 Å². The number of halogens is 3. The van der Waals surface area contributed by atoms with E-state index < -0.39 is 23.7 Å². The number of benzene rings is 2. The largest absolute Gasteiger partial charge is 0.416 e. The summed E-state index contributed by atoms with van der Waals surface area (Å²) in [6, 6.07) is 17.2. The molecular formula is C24H21F3N2OS. The summed E-state index contributed by atoms with van der Waals surface area (Å²) in [6.07, 6.45) is 0.879. The Morgan fingerprint density at radius 1 is 1.13 bits per heavy atom. The van der Waals surface area contributed by atoms with Crippen LogP contribution in [0.15, 0.2) is 72.1 Å². The van der Waals surface area contributed by atoms with Gasteiger partial charge in [0.15, 0.2) is 0 Å². The van der Waals surface area contributed by atoms with Gasteiger partial charge in [0.1, 0.15) is 0 Å². The maximum Gasteiger partial charge on any atom is 0.416 e. The summed E-state index contributed by atoms with van der Waals surface area (Å²) in [5, 5.41) is 5.24. The average molecular weight is 443 g/mol. The van der Waals surface area contributed by atoms with Gasteiger partial charge in [0.05, 0.1) is 11.6 Å². The van der Waals surface area contributed by atoms with Crippen molar-refractivity contribution in [3.05, 3.63) is 88.1 Å². The first kappa shape index (κ1) is 22.6. The van der Waals surface area contributed by atoms with Gasteiger partial charge in [-0.1, -0.05) is 42.5 Å². The summed E-state index contributed by atoms with van der Waals surface area (Å²) < 4.78 is 39.9. The minimum absolute atomic E-state index is 0.101. The predicted molar refractivity (Wildman–Crippen MR) is 118 cm³/mol. The molecule has 1 N–H and O–H groups in total. The Kier molecular flexibility index (Phi) is 7.16. The van der Waals surface area contributed by atoms with Gasteiger partial charge in [0.2, 0.25) is 0 Å². The molecule has 1 aromatic heterocycles. The minimum atomic E-state index is -4.53. The number of rotatable bonds is 7. The van der Waals surface area contributed by atoms with Crippen molar-refractivity contribution in [2.75, 3.05) is 4.90 Å². The highest BCUT2D eigenvalue weighted by Crippen LogP contribution is 2.36. The number of amides is 1. The van der Waals surface area contributed by atoms with E-state index in [-0.39, 0.29) is 11.7 Å². The van der Waals surface area contributed by atoms with E-state index in [0.29, 0.717) is 6.54 Å². The molecule has 0 aliphatic heterocycles. The van der Waals surface area contributed by atoms with Gasteiger partial charge in [-0.3, -0.25) is 9.69 Å². The third-order valence-electron chi connectivity index (χ3n) is 4.85. The maximum absolute atomic E-state index is 13.3. The number of carbonyl (C=O) groups is 1. The molecular weight excluding hydrogens is 421 g/mol. The molecule has 2 unspecified atom stereocenters. The number of nitrogens with zero attached hydrogens (tertiary/aromatic N) is 1. The van der Waals surface area contributed by atoms with Crippen molar-refractivity contribution in [2.24, 2.45) is 0 Å². The van der Waals surface area contributed by atoms with Crippen LogP contribution >= 0.6 is 11.3 Å². The van der Waals surface area contributed by atoms with Crippen molar-refractivity contribution < 1.29 is 18.0 Å². The van der Waals surface area contributed by atoms with Gasteiger partial charge in [-0.2, -0.15) is 13.2 Å². The van der Waals surface area contributed by atoms with Crippen LogP contribution in [0.3, 0.4) is 0 Å². The predicted octanol–water partition coefficient (Wildman–Crippen LogP) is 5.65. The minimum Gasteiger partial charge on any atom is -0.308 e. The zero-order valence-electron chi connectivity index (χ0n) is 16.8. The fraction of sp³-hybridized carbons (Fsp3) is 0.208. The second-order valence-corrected chi connectivity index (χ2v) is 7.96. The average Bonchev–Trinajstić information content (AvgIpc) is 3.29. The van der Waals surface area contributed by atoms with Crippen molar-refractivity contribution in [2.45, 2.75) is 31.7 Å². The highest BCUT2D eigenvalue weighted by atomic mass is 32.1. The number of anilines is 1. The Labute approximate surface area is 183 Å². The molecule has 0 aliphatic rings. The molecule has 2 aromatic carbocycles. The summed E-state index contributed by atoms with van der Waals surface area (Å²) >= 11 is 1.42. The molecule has 1 heterocycles. The van der Waals surface area contributed by atoms with E-state index in [1.165, 1.54) is 28.4 Å². The second kappa shape index (κ2) is 9.82. The Hall–Kier alpha value is -3.08. The topological polar surface area (TPSA) is 32.3 Å². The van der Waals surface area contributed by atoms with Crippen LogP contribution in [0.2, 0.25) is 0 Å². The van der Waals surface area contributed by atoms with Crippen LogP contribution in [0.25, 0.3) is 0 Å². The fourth-order valence-corrected chi connectivity index (χ4v) is 4.27. The molecule has 0 fully saturated rings. The standard InChI is InChI=1S/C24H21F3N2OS/c1-3-22(30)29(20-12-7-11-19(15-20)24(25,26)27)23(21-13-8-14-31-21)17(2)28-16-18-9-5-4-6-10-18/h1,4-15,17,23,28H,16H2,2H3. The molecule has 0 radical (unpaired) electrons. The van der Waals surface area contributed by atoms with E-state index in [9.17, 15) is 18.0 Å². The van der Waals surface area contributed by atoms with Crippen LogP contribution in [0.5, 0.6) is 0 Å². The van der Waals surface area contributed by atoms with E-state index in [1.807, 2.05) is 54.8 Å². The van der Waals surface area contributed by atoms with Gasteiger partial charge in [0.25, 0.3) is 0 Å². The summed E-state index contributed by atoms with van der Waals surface area (Å²) in [6.45, 7) is 2.42. The maximum atomic E-state index is 13.3. The van der Waals surface area contributed by atoms with E-state index in [2.05, 4.69) is 11.2 Å². The number of alkyl halides is 3. The molecule has 1 amide bonds. The van der Waals surface area contributed by atoms with Crippen molar-refractivity contribution in [3.8, 4) is 12.3 Å². The zero-order valence-corrected chi connectivity index (χ0v) is 17.6. The van der Waals surface area contributed by atoms with Crippen molar-refractivity contribution in [1.29, 1.82) is 0 Å². The van der Waals surface area contributed by atoms with Crippen LogP contribution in [0.1, 0.15) is 29.0 Å². The zero-order chi connectivity index (χ0) is 22.4. The Balaban J connectivity index is 2.00. The molecule has 160 valence electrons. The Morgan fingerprint density at radius 3 is 2.48 bits per heavy atom. The second-order valence-electron chi connectivity index (χ2n) is 6.98. The summed E-state index contributed by atoms with van der Waals surface area (Å²) in [5.74, 6) is 1.37. The summed E-state index contributed by atoms with van der Waals surface area (Å²) in [7, 11) is 0. The molecule has 3 nitrogen and oxygen atoms in total. The van der Waals surface area contributed by atoms with E-state index in [1.54, 1.807) is 0 Å². The number of carbonyl (C=O) groups excluding carboxylic acids is 1. The van der Waals surface area contributed by atoms with E-state index in [4.69, 9.17) is 6.42 Å². The molecule has 3 rings (SSSR count). The van der Waals surface area contributed by atoms with E-state index in [0.717, 1.165) is 22.6 Å². The summed E-state index contributed by atoms with van der Waals surface area (Å²) in [4.78, 5) is 14.9. The molecule has 2 atom stereocenters. The SMILES string of the molecule is C#CC(=O)N(c1cccc(C(F)(F)F)c1)C(c1cccs1)C(C)NCc1ccccc1. The van der Waals surface area contributed by atoms with Crippen molar-refractivity contribution in [1.82, 2.24) is 5.32 Å². The quantitative estimate of drug-likeness (QED) is 0.480. The molecule has 3 aromatic rings. The van der Waals surface area contributed by atoms with Crippen LogP contribution < -0.4 is 10.2 Å². The molecule has 0 bridgehead atoms. The summed E-state index contributed by atoms with van der Waals surface area (Å²) in [5.41, 5.74) is 0.312. The lowest BCUT2D eigenvalue weighted by atomic mass is 10.0. The van der Waals surface area contributed by atoms with E-state index >= 15 is 0 Å². The first-order valence-corrected chi connectivity index (χ1v) is 10.5. The fourth-order valence-electron chi connectivity index (χ4n) is 3.35. The Morgan fingerprint density at radius 2 is 1.87 bits per heavy atom. The number of terminal acetylenes is 1. The lowest BCUT2D eigenvalue weighted by molar-refractivity contribution is -0.137. The van der Waals surface area contributed by atoms with Crippen LogP contribution in [0.4, 0.5) is 18.9 Å². The molecule has 7 heteroatoms. The first-order chi connectivity index (χ1) is 14.8.